The molecule has 1 aliphatic carbocycles. The number of hydrogen-bond acceptors (Lipinski definition) is 4. The average Bonchev–Trinajstić information content (AvgIpc) is 3.26. The molecule has 19 heavy (non-hydrogen) atoms. The number of rotatable bonds is 4. The summed E-state index contributed by atoms with van der Waals surface area (Å²) < 4.78 is 1.16. The van der Waals surface area contributed by atoms with E-state index >= 15 is 0 Å². The average molecular weight is 366 g/mol. The summed E-state index contributed by atoms with van der Waals surface area (Å²) in [5, 5.41) is 3.17. The summed E-state index contributed by atoms with van der Waals surface area (Å²) in [6, 6.07) is 4.01. The number of aromatic nitrogens is 3. The Bertz CT molecular complexity index is 581. The van der Waals surface area contributed by atoms with Gasteiger partial charge in [0, 0.05) is 31.8 Å². The Morgan fingerprint density at radius 2 is 2.21 bits per heavy atom. The highest BCUT2D eigenvalue weighted by Crippen LogP contribution is 2.42. The first-order valence-electron chi connectivity index (χ1n) is 6.41. The van der Waals surface area contributed by atoms with Gasteiger partial charge >= 0.3 is 0 Å². The van der Waals surface area contributed by atoms with Crippen molar-refractivity contribution in [3.8, 4) is 0 Å². The molecular formula is C14H15IN4. The zero-order chi connectivity index (χ0) is 13.2. The number of hydrogen-bond donors (Lipinski definition) is 1. The Kier molecular flexibility index (Phi) is 3.63. The first kappa shape index (κ1) is 12.8. The highest BCUT2D eigenvalue weighted by Gasteiger charge is 2.29. The fourth-order valence-electron chi connectivity index (χ4n) is 2.07. The minimum atomic E-state index is 0.634. The molecule has 0 aromatic carbocycles. The lowest BCUT2D eigenvalue weighted by Crippen LogP contribution is -2.07. The van der Waals surface area contributed by atoms with Gasteiger partial charge in [-0.05, 0) is 47.1 Å². The first-order valence-corrected chi connectivity index (χ1v) is 7.48. The van der Waals surface area contributed by atoms with E-state index in [9.17, 15) is 0 Å². The molecule has 2 heterocycles. The maximum absolute atomic E-state index is 4.75. The fourth-order valence-corrected chi connectivity index (χ4v) is 3.02. The van der Waals surface area contributed by atoms with Crippen LogP contribution < -0.4 is 5.32 Å². The van der Waals surface area contributed by atoms with Crippen molar-refractivity contribution in [2.24, 2.45) is 0 Å². The Balaban J connectivity index is 1.95. The second-order valence-electron chi connectivity index (χ2n) is 4.75. The van der Waals surface area contributed by atoms with Crippen molar-refractivity contribution in [3.05, 3.63) is 45.2 Å². The molecule has 1 saturated carbocycles. The fraction of sp³-hybridized carbons (Fsp3) is 0.357. The van der Waals surface area contributed by atoms with Crippen LogP contribution in [-0.4, -0.2) is 22.0 Å². The van der Waals surface area contributed by atoms with E-state index in [-0.39, 0.29) is 0 Å². The van der Waals surface area contributed by atoms with E-state index in [1.54, 1.807) is 6.20 Å². The second-order valence-corrected chi connectivity index (χ2v) is 5.83. The third-order valence-corrected chi connectivity index (χ3v) is 4.27. The first-order chi connectivity index (χ1) is 9.28. The third kappa shape index (κ3) is 2.86. The summed E-state index contributed by atoms with van der Waals surface area (Å²) in [6.45, 7) is 0. The number of halogens is 1. The maximum Gasteiger partial charge on any atom is 0.143 e. The van der Waals surface area contributed by atoms with Crippen molar-refractivity contribution in [2.45, 2.75) is 25.2 Å². The van der Waals surface area contributed by atoms with Crippen LogP contribution in [0.3, 0.4) is 0 Å². The van der Waals surface area contributed by atoms with Gasteiger partial charge in [0.15, 0.2) is 0 Å². The molecule has 0 aliphatic heterocycles. The minimum absolute atomic E-state index is 0.634. The van der Waals surface area contributed by atoms with Gasteiger partial charge in [0.2, 0.25) is 0 Å². The Morgan fingerprint density at radius 3 is 2.84 bits per heavy atom. The normalized spacial score (nSPS) is 14.4. The molecule has 1 aliphatic rings. The zero-order valence-corrected chi connectivity index (χ0v) is 12.9. The van der Waals surface area contributed by atoms with Gasteiger partial charge in [-0.15, -0.1) is 0 Å². The van der Waals surface area contributed by atoms with E-state index < -0.39 is 0 Å². The van der Waals surface area contributed by atoms with Gasteiger partial charge in [0.05, 0.1) is 9.26 Å². The van der Waals surface area contributed by atoms with Gasteiger partial charge in [-0.25, -0.2) is 9.97 Å². The molecule has 1 fully saturated rings. The van der Waals surface area contributed by atoms with Crippen molar-refractivity contribution < 1.29 is 0 Å². The molecule has 0 atom stereocenters. The van der Waals surface area contributed by atoms with Crippen molar-refractivity contribution >= 4 is 28.4 Å². The summed E-state index contributed by atoms with van der Waals surface area (Å²) in [5.41, 5.74) is 2.35. The predicted molar refractivity (Wildman–Crippen MR) is 83.3 cm³/mol. The molecule has 98 valence electrons. The molecule has 0 amide bonds. The van der Waals surface area contributed by atoms with Crippen LogP contribution >= 0.6 is 22.6 Å². The Labute approximate surface area is 126 Å². The maximum atomic E-state index is 4.75. The van der Waals surface area contributed by atoms with Crippen LogP contribution in [0.1, 0.15) is 35.8 Å². The van der Waals surface area contributed by atoms with Gasteiger partial charge < -0.3 is 5.32 Å². The molecule has 2 aromatic heterocycles. The van der Waals surface area contributed by atoms with E-state index in [0.717, 1.165) is 27.2 Å². The lowest BCUT2D eigenvalue weighted by atomic mass is 10.2. The van der Waals surface area contributed by atoms with Gasteiger partial charge in [-0.1, -0.05) is 6.07 Å². The monoisotopic (exact) mass is 366 g/mol. The summed E-state index contributed by atoms with van der Waals surface area (Å²) in [4.78, 5) is 13.5. The summed E-state index contributed by atoms with van der Waals surface area (Å²) in [7, 11) is 1.91. The van der Waals surface area contributed by atoms with Crippen molar-refractivity contribution in [2.75, 3.05) is 12.4 Å². The van der Waals surface area contributed by atoms with Gasteiger partial charge in [0.1, 0.15) is 11.6 Å². The van der Waals surface area contributed by atoms with Crippen LogP contribution in [0, 0.1) is 3.57 Å². The minimum Gasteiger partial charge on any atom is -0.372 e. The van der Waals surface area contributed by atoms with Crippen LogP contribution in [0.2, 0.25) is 0 Å². The molecular weight excluding hydrogens is 351 g/mol. The van der Waals surface area contributed by atoms with E-state index in [0.29, 0.717) is 5.92 Å². The molecule has 4 nitrogen and oxygen atoms in total. The van der Waals surface area contributed by atoms with Crippen LogP contribution in [0.5, 0.6) is 0 Å². The van der Waals surface area contributed by atoms with E-state index in [2.05, 4.69) is 43.9 Å². The molecule has 3 rings (SSSR count). The lowest BCUT2D eigenvalue weighted by molar-refractivity contribution is 0.888. The molecule has 0 unspecified atom stereocenters. The third-order valence-electron chi connectivity index (χ3n) is 3.21. The molecule has 5 heteroatoms. The smallest absolute Gasteiger partial charge is 0.143 e. The largest absolute Gasteiger partial charge is 0.372 e. The number of nitrogens with zero attached hydrogens (tertiary/aromatic N) is 3. The molecule has 2 aromatic rings. The van der Waals surface area contributed by atoms with Gasteiger partial charge in [0.25, 0.3) is 0 Å². The van der Waals surface area contributed by atoms with E-state index in [1.807, 2.05) is 19.3 Å². The SMILES string of the molecule is CNc1nc(Cc2cccnc2)nc(C2CC2)c1I. The van der Waals surface area contributed by atoms with Crippen LogP contribution in [0.25, 0.3) is 0 Å². The summed E-state index contributed by atoms with van der Waals surface area (Å²) in [5.74, 6) is 2.45. The van der Waals surface area contributed by atoms with Gasteiger partial charge in [-0.2, -0.15) is 0 Å². The summed E-state index contributed by atoms with van der Waals surface area (Å²) in [6.07, 6.45) is 6.90. The van der Waals surface area contributed by atoms with E-state index in [1.165, 1.54) is 18.5 Å². The summed E-state index contributed by atoms with van der Waals surface area (Å²) >= 11 is 2.34. The zero-order valence-electron chi connectivity index (χ0n) is 10.7. The standard InChI is InChI=1S/C14H15IN4/c1-16-14-12(15)13(10-4-5-10)18-11(19-14)7-9-3-2-6-17-8-9/h2-3,6,8,10H,4-5,7H2,1H3,(H,16,18,19). The molecule has 0 spiro atoms. The highest BCUT2D eigenvalue weighted by molar-refractivity contribution is 14.1. The number of anilines is 1. The molecule has 0 radical (unpaired) electrons. The van der Waals surface area contributed by atoms with E-state index in [4.69, 9.17) is 4.98 Å². The molecule has 0 saturated heterocycles. The van der Waals surface area contributed by atoms with Gasteiger partial charge in [-0.3, -0.25) is 4.98 Å². The van der Waals surface area contributed by atoms with Crippen LogP contribution in [-0.2, 0) is 6.42 Å². The molecule has 1 N–H and O–H groups in total. The van der Waals surface area contributed by atoms with Crippen molar-refractivity contribution in [1.82, 2.24) is 15.0 Å². The Morgan fingerprint density at radius 1 is 1.37 bits per heavy atom. The number of pyridine rings is 1. The van der Waals surface area contributed by atoms with Crippen molar-refractivity contribution in [3.63, 3.8) is 0 Å². The van der Waals surface area contributed by atoms with Crippen LogP contribution in [0.15, 0.2) is 24.5 Å². The highest BCUT2D eigenvalue weighted by atomic mass is 127. The quantitative estimate of drug-likeness (QED) is 0.846. The lowest BCUT2D eigenvalue weighted by Gasteiger charge is -2.10. The topological polar surface area (TPSA) is 50.7 Å². The Hall–Kier alpha value is -1.24. The molecule has 0 bridgehead atoms. The predicted octanol–water partition coefficient (Wildman–Crippen LogP) is 2.99. The van der Waals surface area contributed by atoms with Crippen LogP contribution in [0.4, 0.5) is 5.82 Å². The number of nitrogens with one attached hydrogen (secondary N) is 1. The second kappa shape index (κ2) is 5.40. The van der Waals surface area contributed by atoms with Crippen molar-refractivity contribution in [1.29, 1.82) is 0 Å².